The lowest BCUT2D eigenvalue weighted by molar-refractivity contribution is 0.0686. The lowest BCUT2D eigenvalue weighted by Crippen LogP contribution is -2.35. The Kier molecular flexibility index (Phi) is 4.71. The highest BCUT2D eigenvalue weighted by Gasteiger charge is 2.20. The Morgan fingerprint density at radius 1 is 1.29 bits per heavy atom. The minimum atomic E-state index is -1.12. The molecule has 1 aliphatic heterocycles. The molecular weight excluding hydrogens is 312 g/mol. The summed E-state index contributed by atoms with van der Waals surface area (Å²) in [6.45, 7) is 1.99. The molecule has 2 heterocycles. The summed E-state index contributed by atoms with van der Waals surface area (Å²) >= 11 is 0. The molecule has 2 aromatic rings. The third-order valence-electron chi connectivity index (χ3n) is 4.14. The van der Waals surface area contributed by atoms with E-state index in [9.17, 15) is 4.79 Å². The molecule has 24 heavy (non-hydrogen) atoms. The maximum absolute atomic E-state index is 10.9. The van der Waals surface area contributed by atoms with Crippen LogP contribution in [0.25, 0.3) is 11.3 Å². The van der Waals surface area contributed by atoms with Crippen LogP contribution in [0.15, 0.2) is 28.8 Å². The second kappa shape index (κ2) is 6.92. The predicted octanol–water partition coefficient (Wildman–Crippen LogP) is 2.52. The van der Waals surface area contributed by atoms with Gasteiger partial charge in [-0.1, -0.05) is 5.16 Å². The molecule has 0 radical (unpaired) electrons. The number of benzene rings is 1. The first-order chi connectivity index (χ1) is 11.6. The quantitative estimate of drug-likeness (QED) is 0.900. The van der Waals surface area contributed by atoms with Crippen LogP contribution in [0.4, 0.5) is 0 Å². The van der Waals surface area contributed by atoms with E-state index in [1.54, 1.807) is 25.3 Å². The van der Waals surface area contributed by atoms with E-state index in [0.29, 0.717) is 22.8 Å². The van der Waals surface area contributed by atoms with E-state index in [-0.39, 0.29) is 11.8 Å². The predicted molar refractivity (Wildman–Crippen MR) is 86.6 cm³/mol. The van der Waals surface area contributed by atoms with Crippen LogP contribution in [0.1, 0.15) is 23.3 Å². The molecule has 1 aliphatic rings. The van der Waals surface area contributed by atoms with E-state index in [1.165, 1.54) is 6.07 Å². The maximum atomic E-state index is 10.9. The fourth-order valence-electron chi connectivity index (χ4n) is 2.72. The van der Waals surface area contributed by atoms with Crippen LogP contribution in [-0.2, 0) is 0 Å². The van der Waals surface area contributed by atoms with Gasteiger partial charge in [0.05, 0.1) is 7.11 Å². The highest BCUT2D eigenvalue weighted by molar-refractivity contribution is 5.86. The number of carboxylic acid groups (broad SMARTS) is 1. The van der Waals surface area contributed by atoms with E-state index in [1.807, 2.05) is 0 Å². The van der Waals surface area contributed by atoms with Gasteiger partial charge in [-0.25, -0.2) is 4.79 Å². The molecule has 1 aromatic carbocycles. The molecule has 3 rings (SSSR count). The highest BCUT2D eigenvalue weighted by atomic mass is 16.5. The minimum absolute atomic E-state index is 0.126. The number of rotatable bonds is 5. The molecule has 0 atom stereocenters. The standard InChI is InChI=1S/C17H20N2O5/c1-19-7-5-12(6-8-19)23-16-9-11(3-4-14(16)22-2)15-10-13(17(20)21)18-24-15/h3-4,9-10,12H,5-8H2,1-2H3,(H,20,21). The number of piperidine rings is 1. The topological polar surface area (TPSA) is 85.0 Å². The lowest BCUT2D eigenvalue weighted by Gasteiger charge is -2.29. The number of carbonyl (C=O) groups is 1. The highest BCUT2D eigenvalue weighted by Crippen LogP contribution is 2.34. The lowest BCUT2D eigenvalue weighted by atomic mass is 10.1. The molecule has 7 heteroatoms. The third-order valence-corrected chi connectivity index (χ3v) is 4.14. The van der Waals surface area contributed by atoms with Crippen molar-refractivity contribution in [2.24, 2.45) is 0 Å². The first-order valence-corrected chi connectivity index (χ1v) is 7.80. The van der Waals surface area contributed by atoms with Crippen molar-refractivity contribution in [2.45, 2.75) is 18.9 Å². The molecule has 7 nitrogen and oxygen atoms in total. The number of hydrogen-bond acceptors (Lipinski definition) is 6. The molecular formula is C17H20N2O5. The van der Waals surface area contributed by atoms with Gasteiger partial charge in [0.2, 0.25) is 0 Å². The zero-order chi connectivity index (χ0) is 17.1. The van der Waals surface area contributed by atoms with Gasteiger partial charge in [0, 0.05) is 24.7 Å². The Balaban J connectivity index is 1.83. The summed E-state index contributed by atoms with van der Waals surface area (Å²) in [6.07, 6.45) is 2.04. The van der Waals surface area contributed by atoms with Crippen LogP contribution in [0.2, 0.25) is 0 Å². The average Bonchev–Trinajstić information content (AvgIpc) is 3.07. The Morgan fingerprint density at radius 3 is 2.67 bits per heavy atom. The van der Waals surface area contributed by atoms with Crippen LogP contribution in [-0.4, -0.2) is 54.5 Å². The summed E-state index contributed by atoms with van der Waals surface area (Å²) in [5.41, 5.74) is 0.567. The summed E-state index contributed by atoms with van der Waals surface area (Å²) in [4.78, 5) is 13.2. The smallest absolute Gasteiger partial charge is 0.358 e. The second-order valence-corrected chi connectivity index (χ2v) is 5.87. The van der Waals surface area contributed by atoms with E-state index < -0.39 is 5.97 Å². The molecule has 0 bridgehead atoms. The number of aromatic nitrogens is 1. The Morgan fingerprint density at radius 2 is 2.04 bits per heavy atom. The zero-order valence-electron chi connectivity index (χ0n) is 13.7. The normalized spacial score (nSPS) is 16.1. The third kappa shape index (κ3) is 3.51. The van der Waals surface area contributed by atoms with Gasteiger partial charge in [-0.2, -0.15) is 0 Å². The molecule has 0 unspecified atom stereocenters. The number of ether oxygens (including phenoxy) is 2. The number of likely N-dealkylation sites (tertiary alicyclic amines) is 1. The SMILES string of the molecule is COc1ccc(-c2cc(C(=O)O)no2)cc1OC1CCN(C)CC1. The van der Waals surface area contributed by atoms with Crippen molar-refractivity contribution in [3.8, 4) is 22.8 Å². The molecule has 0 amide bonds. The van der Waals surface area contributed by atoms with Crippen molar-refractivity contribution in [1.82, 2.24) is 10.1 Å². The fraction of sp³-hybridized carbons (Fsp3) is 0.412. The van der Waals surface area contributed by atoms with Crippen molar-refractivity contribution in [3.63, 3.8) is 0 Å². The van der Waals surface area contributed by atoms with Crippen LogP contribution >= 0.6 is 0 Å². The molecule has 1 saturated heterocycles. The van der Waals surface area contributed by atoms with Gasteiger partial charge in [-0.15, -0.1) is 0 Å². The van der Waals surface area contributed by atoms with Gasteiger partial charge in [0.15, 0.2) is 23.0 Å². The summed E-state index contributed by atoms with van der Waals surface area (Å²) in [7, 11) is 3.69. The Hall–Kier alpha value is -2.54. The van der Waals surface area contributed by atoms with Crippen LogP contribution in [0.3, 0.4) is 0 Å². The number of aromatic carboxylic acids is 1. The van der Waals surface area contributed by atoms with Gasteiger partial charge < -0.3 is 24.0 Å². The fourth-order valence-corrected chi connectivity index (χ4v) is 2.72. The van der Waals surface area contributed by atoms with Crippen molar-refractivity contribution in [2.75, 3.05) is 27.2 Å². The summed E-state index contributed by atoms with van der Waals surface area (Å²) in [5.74, 6) is 0.512. The molecule has 1 fully saturated rings. The minimum Gasteiger partial charge on any atom is -0.493 e. The number of methoxy groups -OCH3 is 1. The van der Waals surface area contributed by atoms with Crippen molar-refractivity contribution >= 4 is 5.97 Å². The Labute approximate surface area is 139 Å². The van der Waals surface area contributed by atoms with E-state index in [2.05, 4.69) is 17.1 Å². The van der Waals surface area contributed by atoms with Gasteiger partial charge in [0.1, 0.15) is 6.10 Å². The molecule has 0 spiro atoms. The van der Waals surface area contributed by atoms with E-state index in [0.717, 1.165) is 25.9 Å². The van der Waals surface area contributed by atoms with Crippen molar-refractivity contribution in [3.05, 3.63) is 30.0 Å². The molecule has 1 aromatic heterocycles. The molecule has 0 saturated carbocycles. The largest absolute Gasteiger partial charge is 0.493 e. The van der Waals surface area contributed by atoms with Crippen molar-refractivity contribution < 1.29 is 23.9 Å². The van der Waals surface area contributed by atoms with Gasteiger partial charge in [0.25, 0.3) is 0 Å². The summed E-state index contributed by atoms with van der Waals surface area (Å²) in [6, 6.07) is 6.75. The first-order valence-electron chi connectivity index (χ1n) is 7.80. The molecule has 0 aliphatic carbocycles. The van der Waals surface area contributed by atoms with Crippen molar-refractivity contribution in [1.29, 1.82) is 0 Å². The number of carboxylic acids is 1. The number of nitrogens with zero attached hydrogens (tertiary/aromatic N) is 2. The first kappa shape index (κ1) is 16.3. The maximum Gasteiger partial charge on any atom is 0.358 e. The Bertz CT molecular complexity index is 720. The zero-order valence-corrected chi connectivity index (χ0v) is 13.7. The average molecular weight is 332 g/mol. The van der Waals surface area contributed by atoms with Gasteiger partial charge in [-0.3, -0.25) is 0 Å². The molecule has 128 valence electrons. The molecule has 1 N–H and O–H groups in total. The van der Waals surface area contributed by atoms with Crippen LogP contribution < -0.4 is 9.47 Å². The van der Waals surface area contributed by atoms with E-state index >= 15 is 0 Å². The summed E-state index contributed by atoms with van der Waals surface area (Å²) < 4.78 is 16.6. The summed E-state index contributed by atoms with van der Waals surface area (Å²) in [5, 5.41) is 12.5. The monoisotopic (exact) mass is 332 g/mol. The second-order valence-electron chi connectivity index (χ2n) is 5.87. The van der Waals surface area contributed by atoms with Gasteiger partial charge in [-0.05, 0) is 38.1 Å². The van der Waals surface area contributed by atoms with Crippen LogP contribution in [0.5, 0.6) is 11.5 Å². The van der Waals surface area contributed by atoms with Crippen LogP contribution in [0, 0.1) is 0 Å². The van der Waals surface area contributed by atoms with Gasteiger partial charge >= 0.3 is 5.97 Å². The van der Waals surface area contributed by atoms with E-state index in [4.69, 9.17) is 19.1 Å². The number of hydrogen-bond donors (Lipinski definition) is 1.